The summed E-state index contributed by atoms with van der Waals surface area (Å²) in [4.78, 5) is 15.5. The van der Waals surface area contributed by atoms with E-state index in [-0.39, 0.29) is 17.9 Å². The van der Waals surface area contributed by atoms with Gasteiger partial charge in [-0.2, -0.15) is 0 Å². The summed E-state index contributed by atoms with van der Waals surface area (Å²) in [7, 11) is 1.84. The smallest absolute Gasteiger partial charge is 0.227 e. The standard InChI is InChI=1S/C17H22N2OS/c1-12-9-10-21-15(12)11-19(3)17(20)13(2)16(18)14-7-5-4-6-8-14/h4-10,13,16H,11,18H2,1-3H3/t13-,16+/m0/s1. The van der Waals surface area contributed by atoms with Crippen LogP contribution in [0.1, 0.15) is 29.0 Å². The summed E-state index contributed by atoms with van der Waals surface area (Å²) in [6.07, 6.45) is 0. The Balaban J connectivity index is 2.03. The zero-order valence-electron chi connectivity index (χ0n) is 12.7. The fourth-order valence-electron chi connectivity index (χ4n) is 2.32. The van der Waals surface area contributed by atoms with Crippen LogP contribution in [0.4, 0.5) is 0 Å². The first-order valence-corrected chi connectivity index (χ1v) is 7.97. The van der Waals surface area contributed by atoms with Crippen molar-refractivity contribution in [3.63, 3.8) is 0 Å². The molecule has 1 aromatic carbocycles. The average molecular weight is 302 g/mol. The van der Waals surface area contributed by atoms with Crippen LogP contribution in [0.3, 0.4) is 0 Å². The molecule has 0 spiro atoms. The lowest BCUT2D eigenvalue weighted by molar-refractivity contribution is -0.134. The SMILES string of the molecule is Cc1ccsc1CN(C)C(=O)[C@@H](C)[C@@H](N)c1ccccc1. The Kier molecular flexibility index (Phi) is 5.15. The Morgan fingerprint density at radius 1 is 1.29 bits per heavy atom. The van der Waals surface area contributed by atoms with Crippen LogP contribution in [0.25, 0.3) is 0 Å². The lowest BCUT2D eigenvalue weighted by Crippen LogP contribution is -2.36. The first-order chi connectivity index (χ1) is 10.0. The molecule has 0 aliphatic heterocycles. The van der Waals surface area contributed by atoms with Gasteiger partial charge < -0.3 is 10.6 Å². The molecule has 0 aliphatic carbocycles. The maximum atomic E-state index is 12.5. The highest BCUT2D eigenvalue weighted by Crippen LogP contribution is 2.23. The van der Waals surface area contributed by atoms with Crippen LogP contribution in [0, 0.1) is 12.8 Å². The highest BCUT2D eigenvalue weighted by atomic mass is 32.1. The van der Waals surface area contributed by atoms with Crippen molar-refractivity contribution in [3.8, 4) is 0 Å². The van der Waals surface area contributed by atoms with Crippen LogP contribution < -0.4 is 5.73 Å². The quantitative estimate of drug-likeness (QED) is 0.920. The van der Waals surface area contributed by atoms with E-state index in [9.17, 15) is 4.79 Å². The van der Waals surface area contributed by atoms with Crippen molar-refractivity contribution >= 4 is 17.2 Å². The monoisotopic (exact) mass is 302 g/mol. The average Bonchev–Trinajstić information content (AvgIpc) is 2.91. The summed E-state index contributed by atoms with van der Waals surface area (Å²) in [5, 5.41) is 2.06. The van der Waals surface area contributed by atoms with E-state index in [4.69, 9.17) is 5.73 Å². The Bertz CT molecular complexity index is 594. The Hall–Kier alpha value is -1.65. The van der Waals surface area contributed by atoms with Gasteiger partial charge in [0.1, 0.15) is 0 Å². The van der Waals surface area contributed by atoms with E-state index >= 15 is 0 Å². The molecule has 21 heavy (non-hydrogen) atoms. The van der Waals surface area contributed by atoms with E-state index in [1.807, 2.05) is 44.3 Å². The molecule has 1 aromatic heterocycles. The third-order valence-electron chi connectivity index (χ3n) is 3.84. The van der Waals surface area contributed by atoms with Crippen LogP contribution in [-0.2, 0) is 11.3 Å². The van der Waals surface area contributed by atoms with E-state index in [1.54, 1.807) is 16.2 Å². The van der Waals surface area contributed by atoms with Gasteiger partial charge in [0.2, 0.25) is 5.91 Å². The molecule has 112 valence electrons. The Morgan fingerprint density at radius 2 is 1.95 bits per heavy atom. The molecule has 0 radical (unpaired) electrons. The minimum atomic E-state index is -0.273. The summed E-state index contributed by atoms with van der Waals surface area (Å²) in [6, 6.07) is 11.6. The predicted molar refractivity (Wildman–Crippen MR) is 88.1 cm³/mol. The highest BCUT2D eigenvalue weighted by Gasteiger charge is 2.25. The second-order valence-electron chi connectivity index (χ2n) is 5.45. The second-order valence-corrected chi connectivity index (χ2v) is 6.45. The fraction of sp³-hybridized carbons (Fsp3) is 0.353. The van der Waals surface area contributed by atoms with Crippen molar-refractivity contribution in [2.45, 2.75) is 26.4 Å². The normalized spacial score (nSPS) is 13.7. The van der Waals surface area contributed by atoms with E-state index in [2.05, 4.69) is 18.4 Å². The van der Waals surface area contributed by atoms with E-state index in [0.717, 1.165) is 5.56 Å². The van der Waals surface area contributed by atoms with Crippen molar-refractivity contribution in [3.05, 3.63) is 57.8 Å². The molecule has 4 heteroatoms. The van der Waals surface area contributed by atoms with Crippen molar-refractivity contribution in [1.82, 2.24) is 4.90 Å². The number of amides is 1. The minimum absolute atomic E-state index is 0.0825. The number of rotatable bonds is 5. The van der Waals surface area contributed by atoms with Crippen LogP contribution >= 0.6 is 11.3 Å². The largest absolute Gasteiger partial charge is 0.340 e. The molecule has 2 aromatic rings. The summed E-state index contributed by atoms with van der Waals surface area (Å²) < 4.78 is 0. The molecule has 1 amide bonds. The molecule has 2 atom stereocenters. The first kappa shape index (κ1) is 15.7. The molecule has 0 saturated heterocycles. The van der Waals surface area contributed by atoms with Gasteiger partial charge in [0.15, 0.2) is 0 Å². The van der Waals surface area contributed by atoms with Gasteiger partial charge in [-0.15, -0.1) is 11.3 Å². The number of thiophene rings is 1. The summed E-state index contributed by atoms with van der Waals surface area (Å²) in [6.45, 7) is 4.62. The molecule has 2 rings (SSSR count). The molecular weight excluding hydrogens is 280 g/mol. The Labute approximate surface area is 130 Å². The number of nitrogens with zero attached hydrogens (tertiary/aromatic N) is 1. The molecule has 2 N–H and O–H groups in total. The molecule has 1 heterocycles. The van der Waals surface area contributed by atoms with E-state index < -0.39 is 0 Å². The van der Waals surface area contributed by atoms with Gasteiger partial charge in [-0.3, -0.25) is 4.79 Å². The van der Waals surface area contributed by atoms with Crippen molar-refractivity contribution in [2.75, 3.05) is 7.05 Å². The van der Waals surface area contributed by atoms with Gasteiger partial charge in [0, 0.05) is 18.0 Å². The third kappa shape index (κ3) is 3.71. The van der Waals surface area contributed by atoms with Gasteiger partial charge >= 0.3 is 0 Å². The minimum Gasteiger partial charge on any atom is -0.340 e. The number of benzene rings is 1. The third-order valence-corrected chi connectivity index (χ3v) is 4.85. The van der Waals surface area contributed by atoms with Crippen molar-refractivity contribution in [1.29, 1.82) is 0 Å². The molecule has 0 saturated carbocycles. The van der Waals surface area contributed by atoms with Crippen LogP contribution in [0.15, 0.2) is 41.8 Å². The van der Waals surface area contributed by atoms with Gasteiger partial charge in [-0.05, 0) is 29.5 Å². The number of hydrogen-bond donors (Lipinski definition) is 1. The maximum absolute atomic E-state index is 12.5. The van der Waals surface area contributed by atoms with Crippen molar-refractivity contribution in [2.24, 2.45) is 11.7 Å². The van der Waals surface area contributed by atoms with Crippen LogP contribution in [0.2, 0.25) is 0 Å². The predicted octanol–water partition coefficient (Wildman–Crippen LogP) is 3.35. The zero-order chi connectivity index (χ0) is 15.4. The second kappa shape index (κ2) is 6.87. The molecule has 0 bridgehead atoms. The number of carbonyl (C=O) groups excluding carboxylic acids is 1. The van der Waals surface area contributed by atoms with Crippen LogP contribution in [0.5, 0.6) is 0 Å². The molecule has 3 nitrogen and oxygen atoms in total. The van der Waals surface area contributed by atoms with E-state index in [1.165, 1.54) is 10.4 Å². The molecule has 0 aliphatic rings. The maximum Gasteiger partial charge on any atom is 0.227 e. The summed E-state index contributed by atoms with van der Waals surface area (Å²) in [5.74, 6) is -0.156. The number of hydrogen-bond acceptors (Lipinski definition) is 3. The van der Waals surface area contributed by atoms with Gasteiger partial charge in [-0.1, -0.05) is 37.3 Å². The Morgan fingerprint density at radius 3 is 2.52 bits per heavy atom. The van der Waals surface area contributed by atoms with Gasteiger partial charge in [0.25, 0.3) is 0 Å². The first-order valence-electron chi connectivity index (χ1n) is 7.09. The van der Waals surface area contributed by atoms with Crippen LogP contribution in [-0.4, -0.2) is 17.9 Å². The summed E-state index contributed by atoms with van der Waals surface area (Å²) in [5.41, 5.74) is 8.47. The fourth-order valence-corrected chi connectivity index (χ4v) is 3.28. The van der Waals surface area contributed by atoms with Gasteiger partial charge in [0.05, 0.1) is 12.5 Å². The lowest BCUT2D eigenvalue weighted by atomic mass is 9.94. The zero-order valence-corrected chi connectivity index (χ0v) is 13.6. The topological polar surface area (TPSA) is 46.3 Å². The van der Waals surface area contributed by atoms with Crippen molar-refractivity contribution < 1.29 is 4.79 Å². The van der Waals surface area contributed by atoms with Gasteiger partial charge in [-0.25, -0.2) is 0 Å². The lowest BCUT2D eigenvalue weighted by Gasteiger charge is -2.25. The summed E-state index contributed by atoms with van der Waals surface area (Å²) >= 11 is 1.69. The highest BCUT2D eigenvalue weighted by molar-refractivity contribution is 7.10. The molecular formula is C17H22N2OS. The molecule has 0 fully saturated rings. The number of carbonyl (C=O) groups is 1. The number of aryl methyl sites for hydroxylation is 1. The van der Waals surface area contributed by atoms with E-state index in [0.29, 0.717) is 6.54 Å². The molecule has 0 unspecified atom stereocenters. The number of nitrogens with two attached hydrogens (primary N) is 1.